The second-order valence-electron chi connectivity index (χ2n) is 8.07. The fourth-order valence-electron chi connectivity index (χ4n) is 4.30. The van der Waals surface area contributed by atoms with E-state index < -0.39 is 0 Å². The molecule has 0 aliphatic carbocycles. The Kier molecular flexibility index (Phi) is 4.88. The van der Waals surface area contributed by atoms with Gasteiger partial charge >= 0.3 is 0 Å². The summed E-state index contributed by atoms with van der Waals surface area (Å²) in [6.45, 7) is 2.57. The van der Waals surface area contributed by atoms with Crippen LogP contribution < -0.4 is 4.90 Å². The zero-order valence-corrected chi connectivity index (χ0v) is 18.4. The number of thiazole rings is 1. The second-order valence-corrected chi connectivity index (χ2v) is 9.17. The van der Waals surface area contributed by atoms with Crippen LogP contribution >= 0.6 is 11.3 Å². The van der Waals surface area contributed by atoms with Gasteiger partial charge in [-0.25, -0.2) is 9.67 Å². The van der Waals surface area contributed by atoms with Gasteiger partial charge in [-0.2, -0.15) is 15.3 Å². The molecule has 0 fully saturated rings. The van der Waals surface area contributed by atoms with Gasteiger partial charge in [-0.05, 0) is 53.5 Å². The standard InChI is InChI=1S/C25H22N6S/c1-3-18(13-22(4-1)31-11-2-9-28-31)14-23-16-26-25(32-23)30-12-8-19-5-6-20(15-21(19)17-30)24-7-10-27-29-24/h1-7,9,11,13,15-16H,8,10,12,14,17H2. The maximum Gasteiger partial charge on any atom is 0.185 e. The highest BCUT2D eigenvalue weighted by Gasteiger charge is 2.20. The Bertz CT molecular complexity index is 1320. The summed E-state index contributed by atoms with van der Waals surface area (Å²) in [6, 6.07) is 17.2. The Hall–Kier alpha value is -3.58. The van der Waals surface area contributed by atoms with Crippen LogP contribution in [-0.2, 0) is 19.4 Å². The third-order valence-electron chi connectivity index (χ3n) is 5.93. The van der Waals surface area contributed by atoms with Gasteiger partial charge < -0.3 is 4.90 Å². The predicted molar refractivity (Wildman–Crippen MR) is 127 cm³/mol. The maximum atomic E-state index is 4.76. The van der Waals surface area contributed by atoms with E-state index in [1.807, 2.05) is 23.1 Å². The molecule has 2 aromatic heterocycles. The molecule has 0 spiro atoms. The molecule has 4 heterocycles. The molecule has 4 aromatic rings. The van der Waals surface area contributed by atoms with Crippen LogP contribution in [0.5, 0.6) is 0 Å². The molecule has 0 bridgehead atoms. The summed E-state index contributed by atoms with van der Waals surface area (Å²) in [5, 5.41) is 13.8. The summed E-state index contributed by atoms with van der Waals surface area (Å²) < 4.78 is 1.89. The lowest BCUT2D eigenvalue weighted by Crippen LogP contribution is -2.30. The fourth-order valence-corrected chi connectivity index (χ4v) is 5.27. The van der Waals surface area contributed by atoms with Gasteiger partial charge in [-0.1, -0.05) is 24.3 Å². The fraction of sp³-hybridized carbons (Fsp3) is 0.200. The van der Waals surface area contributed by atoms with Crippen LogP contribution in [0.2, 0.25) is 0 Å². The number of fused-ring (bicyclic) bond motifs is 1. The van der Waals surface area contributed by atoms with Crippen molar-refractivity contribution in [2.24, 2.45) is 10.2 Å². The first-order valence-electron chi connectivity index (χ1n) is 10.8. The normalized spacial score (nSPS) is 15.1. The number of nitrogens with zero attached hydrogens (tertiary/aromatic N) is 6. The van der Waals surface area contributed by atoms with Gasteiger partial charge in [0.25, 0.3) is 0 Å². The molecule has 0 radical (unpaired) electrons. The summed E-state index contributed by atoms with van der Waals surface area (Å²) in [4.78, 5) is 8.43. The van der Waals surface area contributed by atoms with Crippen molar-refractivity contribution in [3.8, 4) is 5.69 Å². The number of anilines is 1. The highest BCUT2D eigenvalue weighted by Crippen LogP contribution is 2.31. The molecule has 32 heavy (non-hydrogen) atoms. The topological polar surface area (TPSA) is 58.7 Å². The van der Waals surface area contributed by atoms with E-state index in [1.165, 1.54) is 21.6 Å². The number of hydrogen-bond acceptors (Lipinski definition) is 6. The third-order valence-corrected chi connectivity index (χ3v) is 6.99. The molecule has 6 nitrogen and oxygen atoms in total. The lowest BCUT2D eigenvalue weighted by molar-refractivity contribution is 0.728. The van der Waals surface area contributed by atoms with Crippen LogP contribution in [0.25, 0.3) is 11.4 Å². The van der Waals surface area contributed by atoms with Crippen LogP contribution in [0.1, 0.15) is 27.1 Å². The van der Waals surface area contributed by atoms with Gasteiger partial charge in [-0.15, -0.1) is 11.3 Å². The Balaban J connectivity index is 1.19. The predicted octanol–water partition coefficient (Wildman–Crippen LogP) is 5.29. The van der Waals surface area contributed by atoms with E-state index in [-0.39, 0.29) is 0 Å². The highest BCUT2D eigenvalue weighted by molar-refractivity contribution is 7.15. The van der Waals surface area contributed by atoms with Crippen molar-refractivity contribution in [3.63, 3.8) is 0 Å². The van der Waals surface area contributed by atoms with Crippen molar-refractivity contribution in [2.45, 2.75) is 19.4 Å². The Morgan fingerprint density at radius 2 is 2.03 bits per heavy atom. The van der Waals surface area contributed by atoms with Crippen molar-refractivity contribution in [3.05, 3.63) is 100 Å². The average molecular weight is 439 g/mol. The summed E-state index contributed by atoms with van der Waals surface area (Å²) in [5.41, 5.74) is 7.27. The van der Waals surface area contributed by atoms with Gasteiger partial charge in [-0.3, -0.25) is 0 Å². The van der Waals surface area contributed by atoms with E-state index in [0.29, 0.717) is 6.54 Å². The molecule has 2 aromatic carbocycles. The summed E-state index contributed by atoms with van der Waals surface area (Å²) in [5.74, 6) is 0. The SMILES string of the molecule is C1=C(c2ccc3c(c2)CN(c2ncc(Cc4cccc(-n5cccn5)c4)s2)CC3)N=NC1. The van der Waals surface area contributed by atoms with Crippen LogP contribution in [0, 0.1) is 0 Å². The maximum absolute atomic E-state index is 4.76. The average Bonchev–Trinajstić information content (AvgIpc) is 3.62. The minimum Gasteiger partial charge on any atom is -0.343 e. The molecule has 2 aliphatic heterocycles. The number of benzene rings is 2. The zero-order valence-electron chi connectivity index (χ0n) is 17.6. The van der Waals surface area contributed by atoms with E-state index in [0.717, 1.165) is 48.0 Å². The van der Waals surface area contributed by atoms with E-state index in [9.17, 15) is 0 Å². The first kappa shape index (κ1) is 19.1. The number of aromatic nitrogens is 3. The van der Waals surface area contributed by atoms with E-state index in [4.69, 9.17) is 4.98 Å². The van der Waals surface area contributed by atoms with Gasteiger partial charge in [0.2, 0.25) is 0 Å². The van der Waals surface area contributed by atoms with Gasteiger partial charge in [0.1, 0.15) is 0 Å². The Morgan fingerprint density at radius 3 is 2.91 bits per heavy atom. The van der Waals surface area contributed by atoms with Crippen LogP contribution in [0.15, 0.2) is 83.4 Å². The van der Waals surface area contributed by atoms with Crippen molar-refractivity contribution in [2.75, 3.05) is 18.0 Å². The van der Waals surface area contributed by atoms with Crippen molar-refractivity contribution < 1.29 is 0 Å². The molecule has 7 heteroatoms. The van der Waals surface area contributed by atoms with Crippen LogP contribution in [-0.4, -0.2) is 27.9 Å². The summed E-state index contributed by atoms with van der Waals surface area (Å²) >= 11 is 1.79. The van der Waals surface area contributed by atoms with E-state index in [2.05, 4.69) is 68.8 Å². The van der Waals surface area contributed by atoms with Gasteiger partial charge in [0, 0.05) is 48.5 Å². The second kappa shape index (κ2) is 8.16. The number of hydrogen-bond donors (Lipinski definition) is 0. The lowest BCUT2D eigenvalue weighted by Gasteiger charge is -2.28. The molecule has 158 valence electrons. The lowest BCUT2D eigenvalue weighted by atomic mass is 9.96. The molecule has 0 saturated carbocycles. The van der Waals surface area contributed by atoms with Crippen LogP contribution in [0.3, 0.4) is 0 Å². The zero-order chi connectivity index (χ0) is 21.3. The van der Waals surface area contributed by atoms with Crippen molar-refractivity contribution in [1.82, 2.24) is 14.8 Å². The van der Waals surface area contributed by atoms with Crippen molar-refractivity contribution >= 4 is 22.2 Å². The Labute approximate surface area is 190 Å². The molecule has 2 aliphatic rings. The van der Waals surface area contributed by atoms with Gasteiger partial charge in [0.15, 0.2) is 5.13 Å². The quantitative estimate of drug-likeness (QED) is 0.425. The van der Waals surface area contributed by atoms with Gasteiger partial charge in [0.05, 0.1) is 17.9 Å². The van der Waals surface area contributed by atoms with E-state index >= 15 is 0 Å². The first-order valence-corrected chi connectivity index (χ1v) is 11.6. The van der Waals surface area contributed by atoms with E-state index in [1.54, 1.807) is 17.5 Å². The smallest absolute Gasteiger partial charge is 0.185 e. The first-order chi connectivity index (χ1) is 15.8. The summed E-state index contributed by atoms with van der Waals surface area (Å²) in [7, 11) is 0. The number of azo groups is 1. The van der Waals surface area contributed by atoms with Crippen LogP contribution in [0.4, 0.5) is 5.13 Å². The monoisotopic (exact) mass is 438 g/mol. The Morgan fingerprint density at radius 1 is 1.03 bits per heavy atom. The van der Waals surface area contributed by atoms with Crippen molar-refractivity contribution in [1.29, 1.82) is 0 Å². The third kappa shape index (κ3) is 3.76. The highest BCUT2D eigenvalue weighted by atomic mass is 32.1. The molecule has 0 saturated heterocycles. The number of rotatable bonds is 5. The molecule has 0 atom stereocenters. The summed E-state index contributed by atoms with van der Waals surface area (Å²) in [6.07, 6.45) is 9.79. The molecule has 0 unspecified atom stereocenters. The molecular formula is C25H22N6S. The molecule has 6 rings (SSSR count). The molecular weight excluding hydrogens is 416 g/mol. The molecule has 0 amide bonds. The largest absolute Gasteiger partial charge is 0.343 e. The molecule has 0 N–H and O–H groups in total. The minimum atomic E-state index is 0.686. The minimum absolute atomic E-state index is 0.686.